The van der Waals surface area contributed by atoms with Crippen LogP contribution in [0.25, 0.3) is 0 Å². The predicted octanol–water partition coefficient (Wildman–Crippen LogP) is 0.683. The summed E-state index contributed by atoms with van der Waals surface area (Å²) in [5, 5.41) is 9.40. The molecule has 3 aliphatic rings. The van der Waals surface area contributed by atoms with Gasteiger partial charge >= 0.3 is 12.1 Å². The minimum atomic E-state index is -0.874. The summed E-state index contributed by atoms with van der Waals surface area (Å²) in [4.78, 5) is 38.0. The Bertz CT molecular complexity index is 466. The maximum Gasteiger partial charge on any atom is 0.416 e. The number of nitrogens with zero attached hydrogens (tertiary/aromatic N) is 2. The topological polar surface area (TPSA) is 87.2 Å². The molecule has 2 amide bonds. The summed E-state index contributed by atoms with van der Waals surface area (Å²) in [7, 11) is 0. The zero-order chi connectivity index (χ0) is 15.0. The molecule has 7 nitrogen and oxygen atoms in total. The predicted molar refractivity (Wildman–Crippen MR) is 71.6 cm³/mol. The van der Waals surface area contributed by atoms with E-state index in [0.29, 0.717) is 12.3 Å². The number of carbonyl (C=O) groups is 3. The van der Waals surface area contributed by atoms with Crippen molar-refractivity contribution in [3.05, 3.63) is 0 Å². The van der Waals surface area contributed by atoms with Gasteiger partial charge in [-0.05, 0) is 25.2 Å². The SMILES string of the molecule is O=C(O)C1CC2CCCCC2N1CC(=O)N1CCOC1=O. The molecular formula is C14H20N2O5. The molecule has 3 fully saturated rings. The van der Waals surface area contributed by atoms with Crippen LogP contribution in [-0.2, 0) is 14.3 Å². The van der Waals surface area contributed by atoms with Gasteiger partial charge in [0.2, 0.25) is 5.91 Å². The van der Waals surface area contributed by atoms with Crippen molar-refractivity contribution in [2.45, 2.75) is 44.2 Å². The van der Waals surface area contributed by atoms with E-state index in [1.165, 1.54) is 0 Å². The van der Waals surface area contributed by atoms with Crippen molar-refractivity contribution in [3.8, 4) is 0 Å². The van der Waals surface area contributed by atoms with Crippen LogP contribution in [0, 0.1) is 5.92 Å². The van der Waals surface area contributed by atoms with Crippen LogP contribution in [0.3, 0.4) is 0 Å². The molecular weight excluding hydrogens is 276 g/mol. The van der Waals surface area contributed by atoms with Crippen molar-refractivity contribution in [1.82, 2.24) is 9.80 Å². The van der Waals surface area contributed by atoms with Crippen LogP contribution < -0.4 is 0 Å². The van der Waals surface area contributed by atoms with Crippen LogP contribution in [0.5, 0.6) is 0 Å². The second kappa shape index (κ2) is 5.63. The normalized spacial score (nSPS) is 32.9. The molecule has 0 spiro atoms. The fourth-order valence-electron chi connectivity index (χ4n) is 3.88. The first-order valence-electron chi connectivity index (χ1n) is 7.53. The molecule has 2 saturated heterocycles. The minimum absolute atomic E-state index is 0.00671. The Balaban J connectivity index is 1.72. The van der Waals surface area contributed by atoms with E-state index >= 15 is 0 Å². The summed E-state index contributed by atoms with van der Waals surface area (Å²) in [5.41, 5.74) is 0. The molecule has 0 aromatic rings. The molecule has 0 bridgehead atoms. The van der Waals surface area contributed by atoms with Gasteiger partial charge in [0.05, 0.1) is 13.1 Å². The molecule has 1 saturated carbocycles. The summed E-state index contributed by atoms with van der Waals surface area (Å²) in [5.74, 6) is -0.866. The number of hydrogen-bond acceptors (Lipinski definition) is 5. The van der Waals surface area contributed by atoms with Gasteiger partial charge in [0.15, 0.2) is 0 Å². The van der Waals surface area contributed by atoms with Gasteiger partial charge in [-0.15, -0.1) is 0 Å². The number of aliphatic carboxylic acids is 1. The Morgan fingerprint density at radius 1 is 1.29 bits per heavy atom. The number of ether oxygens (including phenoxy) is 1. The van der Waals surface area contributed by atoms with E-state index in [4.69, 9.17) is 4.74 Å². The second-order valence-electron chi connectivity index (χ2n) is 6.03. The van der Waals surface area contributed by atoms with Crippen LogP contribution in [0.15, 0.2) is 0 Å². The Morgan fingerprint density at radius 3 is 2.71 bits per heavy atom. The van der Waals surface area contributed by atoms with Gasteiger partial charge in [0.1, 0.15) is 12.6 Å². The minimum Gasteiger partial charge on any atom is -0.480 e. The van der Waals surface area contributed by atoms with Gasteiger partial charge in [-0.1, -0.05) is 12.8 Å². The highest BCUT2D eigenvalue weighted by Gasteiger charge is 2.46. The van der Waals surface area contributed by atoms with E-state index in [0.717, 1.165) is 30.6 Å². The van der Waals surface area contributed by atoms with Crippen molar-refractivity contribution in [2.24, 2.45) is 5.92 Å². The van der Waals surface area contributed by atoms with Crippen molar-refractivity contribution in [2.75, 3.05) is 19.7 Å². The smallest absolute Gasteiger partial charge is 0.416 e. The zero-order valence-electron chi connectivity index (χ0n) is 11.9. The van der Waals surface area contributed by atoms with Crippen LogP contribution >= 0.6 is 0 Å². The number of cyclic esters (lactones) is 1. The maximum atomic E-state index is 12.2. The number of likely N-dealkylation sites (tertiary alicyclic amines) is 1. The van der Waals surface area contributed by atoms with Gasteiger partial charge in [0, 0.05) is 6.04 Å². The Labute approximate surface area is 122 Å². The first-order valence-corrected chi connectivity index (χ1v) is 7.53. The van der Waals surface area contributed by atoms with Crippen LogP contribution in [0.4, 0.5) is 4.79 Å². The zero-order valence-corrected chi connectivity index (χ0v) is 11.9. The monoisotopic (exact) mass is 296 g/mol. The molecule has 0 aromatic heterocycles. The largest absolute Gasteiger partial charge is 0.480 e. The first kappa shape index (κ1) is 14.3. The van der Waals surface area contributed by atoms with E-state index in [1.54, 1.807) is 4.90 Å². The standard InChI is InChI=1S/C14H20N2O5/c17-12(15-5-6-21-14(15)20)8-16-10-4-2-1-3-9(10)7-11(16)13(18)19/h9-11H,1-8H2,(H,18,19). The van der Waals surface area contributed by atoms with E-state index < -0.39 is 18.1 Å². The van der Waals surface area contributed by atoms with Crippen molar-refractivity contribution < 1.29 is 24.2 Å². The quantitative estimate of drug-likeness (QED) is 0.824. The number of carbonyl (C=O) groups excluding carboxylic acids is 2. The lowest BCUT2D eigenvalue weighted by Crippen LogP contribution is -2.48. The average molecular weight is 296 g/mol. The number of carboxylic acid groups (broad SMARTS) is 1. The molecule has 116 valence electrons. The molecule has 2 heterocycles. The lowest BCUT2D eigenvalue weighted by molar-refractivity contribution is -0.143. The lowest BCUT2D eigenvalue weighted by atomic mass is 9.85. The molecule has 3 rings (SSSR count). The average Bonchev–Trinajstić information content (AvgIpc) is 3.03. The van der Waals surface area contributed by atoms with Gasteiger partial charge in [0.25, 0.3) is 0 Å². The third kappa shape index (κ3) is 2.62. The van der Waals surface area contributed by atoms with Crippen molar-refractivity contribution >= 4 is 18.0 Å². The van der Waals surface area contributed by atoms with Crippen LogP contribution in [0.1, 0.15) is 32.1 Å². The number of fused-ring (bicyclic) bond motifs is 1. The summed E-state index contributed by atoms with van der Waals surface area (Å²) < 4.78 is 4.76. The van der Waals surface area contributed by atoms with E-state index in [1.807, 2.05) is 0 Å². The Kier molecular flexibility index (Phi) is 3.84. The van der Waals surface area contributed by atoms with Gasteiger partial charge in [-0.25, -0.2) is 9.69 Å². The van der Waals surface area contributed by atoms with Crippen LogP contribution in [0.2, 0.25) is 0 Å². The molecule has 2 aliphatic heterocycles. The highest BCUT2D eigenvalue weighted by Crippen LogP contribution is 2.39. The van der Waals surface area contributed by atoms with E-state index in [9.17, 15) is 19.5 Å². The fourth-order valence-corrected chi connectivity index (χ4v) is 3.88. The van der Waals surface area contributed by atoms with Gasteiger partial charge in [-0.3, -0.25) is 14.5 Å². The Hall–Kier alpha value is -1.63. The Morgan fingerprint density at radius 2 is 2.05 bits per heavy atom. The highest BCUT2D eigenvalue weighted by atomic mass is 16.6. The number of carboxylic acids is 1. The molecule has 1 N–H and O–H groups in total. The van der Waals surface area contributed by atoms with Crippen molar-refractivity contribution in [3.63, 3.8) is 0 Å². The molecule has 1 aliphatic carbocycles. The molecule has 7 heteroatoms. The number of rotatable bonds is 3. The third-order valence-electron chi connectivity index (χ3n) is 4.89. The number of hydrogen-bond donors (Lipinski definition) is 1. The first-order chi connectivity index (χ1) is 10.1. The number of imide groups is 1. The lowest BCUT2D eigenvalue weighted by Gasteiger charge is -2.32. The third-order valence-corrected chi connectivity index (χ3v) is 4.89. The summed E-state index contributed by atoms with van der Waals surface area (Å²) in [6, 6.07) is -0.455. The van der Waals surface area contributed by atoms with Gasteiger partial charge < -0.3 is 9.84 Å². The van der Waals surface area contributed by atoms with E-state index in [-0.39, 0.29) is 31.6 Å². The highest BCUT2D eigenvalue weighted by molar-refractivity contribution is 5.94. The number of amides is 2. The molecule has 0 aromatic carbocycles. The van der Waals surface area contributed by atoms with Gasteiger partial charge in [-0.2, -0.15) is 0 Å². The van der Waals surface area contributed by atoms with Crippen molar-refractivity contribution in [1.29, 1.82) is 0 Å². The molecule has 3 atom stereocenters. The van der Waals surface area contributed by atoms with Crippen LogP contribution in [-0.4, -0.2) is 64.7 Å². The summed E-state index contributed by atoms with van der Waals surface area (Å²) >= 11 is 0. The maximum absolute atomic E-state index is 12.2. The van der Waals surface area contributed by atoms with E-state index in [2.05, 4.69) is 0 Å². The molecule has 3 unspecified atom stereocenters. The molecule has 21 heavy (non-hydrogen) atoms. The summed E-state index contributed by atoms with van der Waals surface area (Å²) in [6.07, 6.45) is 4.17. The summed E-state index contributed by atoms with van der Waals surface area (Å²) in [6.45, 7) is 0.476. The second-order valence-corrected chi connectivity index (χ2v) is 6.03. The molecule has 0 radical (unpaired) electrons. The fraction of sp³-hybridized carbons (Fsp3) is 0.786.